The van der Waals surface area contributed by atoms with Gasteiger partial charge in [-0.2, -0.15) is 0 Å². The Kier molecular flexibility index (Phi) is 3.43. The molecule has 0 radical (unpaired) electrons. The highest BCUT2D eigenvalue weighted by Gasteiger charge is 2.12. The molecule has 0 aromatic carbocycles. The second kappa shape index (κ2) is 5.01. The first-order valence-corrected chi connectivity index (χ1v) is 5.67. The number of hydrogen-bond donors (Lipinski definition) is 2. The van der Waals surface area contributed by atoms with Crippen LogP contribution in [-0.4, -0.2) is 46.2 Å². The molecule has 0 atom stereocenters. The van der Waals surface area contributed by atoms with Crippen molar-refractivity contribution in [3.63, 3.8) is 0 Å². The Morgan fingerprint density at radius 2 is 2.35 bits per heavy atom. The summed E-state index contributed by atoms with van der Waals surface area (Å²) in [4.78, 5) is 10.8. The molecule has 2 rings (SSSR count). The lowest BCUT2D eigenvalue weighted by Crippen LogP contribution is -2.28. The summed E-state index contributed by atoms with van der Waals surface area (Å²) >= 11 is 0. The van der Waals surface area contributed by atoms with Gasteiger partial charge in [0.25, 0.3) is 0 Å². The van der Waals surface area contributed by atoms with Gasteiger partial charge in [-0.3, -0.25) is 0 Å². The second-order valence-electron chi connectivity index (χ2n) is 3.66. The molecule has 2 N–H and O–H groups in total. The van der Waals surface area contributed by atoms with Crippen molar-refractivity contribution in [2.24, 2.45) is 0 Å². The summed E-state index contributed by atoms with van der Waals surface area (Å²) in [5.41, 5.74) is 0.805. The molecule has 0 aliphatic carbocycles. The van der Waals surface area contributed by atoms with Crippen LogP contribution in [0.1, 0.15) is 6.92 Å². The van der Waals surface area contributed by atoms with E-state index >= 15 is 0 Å². The summed E-state index contributed by atoms with van der Waals surface area (Å²) in [5.74, 6) is 1.57. The zero-order chi connectivity index (χ0) is 12.3. The molecule has 0 amide bonds. The minimum atomic E-state index is 0.103. The minimum Gasteiger partial charge on any atom is -0.395 e. The monoisotopic (exact) mass is 235 g/mol. The number of rotatable bonds is 5. The van der Waals surface area contributed by atoms with Crippen LogP contribution in [0.2, 0.25) is 0 Å². The van der Waals surface area contributed by atoms with Crippen LogP contribution in [0.4, 0.5) is 11.6 Å². The zero-order valence-electron chi connectivity index (χ0n) is 10.1. The van der Waals surface area contributed by atoms with Gasteiger partial charge in [0, 0.05) is 32.5 Å². The van der Waals surface area contributed by atoms with Gasteiger partial charge in [-0.15, -0.1) is 0 Å². The van der Waals surface area contributed by atoms with Crippen LogP contribution in [0, 0.1) is 0 Å². The van der Waals surface area contributed by atoms with Gasteiger partial charge in [0.15, 0.2) is 11.5 Å². The van der Waals surface area contributed by atoms with Gasteiger partial charge in [-0.05, 0) is 6.92 Å². The number of nitrogens with one attached hydrogen (secondary N) is 1. The first-order valence-electron chi connectivity index (χ1n) is 5.67. The summed E-state index contributed by atoms with van der Waals surface area (Å²) < 4.78 is 1.92. The zero-order valence-corrected chi connectivity index (χ0v) is 10.1. The van der Waals surface area contributed by atoms with E-state index in [1.54, 1.807) is 6.20 Å². The third kappa shape index (κ3) is 2.16. The molecular weight excluding hydrogens is 218 g/mol. The number of aliphatic hydroxyl groups excluding tert-OH is 1. The Bertz CT molecular complexity index is 496. The van der Waals surface area contributed by atoms with E-state index in [2.05, 4.69) is 15.3 Å². The molecular formula is C11H17N5O. The van der Waals surface area contributed by atoms with Crippen molar-refractivity contribution in [2.75, 3.05) is 37.0 Å². The van der Waals surface area contributed by atoms with Crippen LogP contribution in [0.25, 0.3) is 5.65 Å². The van der Waals surface area contributed by atoms with Crippen molar-refractivity contribution in [2.45, 2.75) is 6.92 Å². The number of likely N-dealkylation sites (N-methyl/N-ethyl adjacent to an activating group) is 1. The predicted molar refractivity (Wildman–Crippen MR) is 67.5 cm³/mol. The van der Waals surface area contributed by atoms with Crippen LogP contribution >= 0.6 is 0 Å². The maximum absolute atomic E-state index is 9.07. The highest BCUT2D eigenvalue weighted by molar-refractivity contribution is 5.66. The van der Waals surface area contributed by atoms with Crippen molar-refractivity contribution in [3.8, 4) is 0 Å². The van der Waals surface area contributed by atoms with E-state index in [0.717, 1.165) is 23.8 Å². The number of aromatic nitrogens is 3. The third-order valence-corrected chi connectivity index (χ3v) is 2.66. The second-order valence-corrected chi connectivity index (χ2v) is 3.66. The Hall–Kier alpha value is -1.82. The van der Waals surface area contributed by atoms with Gasteiger partial charge in [-0.25, -0.2) is 9.97 Å². The van der Waals surface area contributed by atoms with Gasteiger partial charge in [0.05, 0.1) is 12.8 Å². The molecule has 6 heteroatoms. The van der Waals surface area contributed by atoms with E-state index in [-0.39, 0.29) is 6.61 Å². The fraction of sp³-hybridized carbons (Fsp3) is 0.455. The molecule has 92 valence electrons. The number of anilines is 2. The lowest BCUT2D eigenvalue weighted by Gasteiger charge is -2.21. The third-order valence-electron chi connectivity index (χ3n) is 2.66. The van der Waals surface area contributed by atoms with Gasteiger partial charge in [0.2, 0.25) is 0 Å². The Balaban J connectivity index is 2.52. The Labute approximate surface area is 99.9 Å². The predicted octanol–water partition coefficient (Wildman–Crippen LogP) is 0.590. The number of imidazole rings is 1. The average molecular weight is 235 g/mol. The average Bonchev–Trinajstić information content (AvgIpc) is 2.82. The van der Waals surface area contributed by atoms with E-state index in [0.29, 0.717) is 6.54 Å². The number of nitrogens with zero attached hydrogens (tertiary/aromatic N) is 4. The standard InChI is InChI=1S/C11H17N5O/c1-3-15(6-7-17)11-10-13-4-5-16(10)8-9(12-2)14-11/h4-5,8,12,17H,3,6-7H2,1-2H3. The van der Waals surface area contributed by atoms with Crippen LogP contribution in [0.15, 0.2) is 18.6 Å². The maximum atomic E-state index is 9.07. The Morgan fingerprint density at radius 3 is 3.00 bits per heavy atom. The fourth-order valence-electron chi connectivity index (χ4n) is 1.78. The molecule has 0 aliphatic heterocycles. The topological polar surface area (TPSA) is 65.7 Å². The normalized spacial score (nSPS) is 10.8. The van der Waals surface area contributed by atoms with Gasteiger partial charge >= 0.3 is 0 Å². The Morgan fingerprint density at radius 1 is 1.53 bits per heavy atom. The van der Waals surface area contributed by atoms with Crippen molar-refractivity contribution >= 4 is 17.3 Å². The summed E-state index contributed by atoms with van der Waals surface area (Å²) in [6.07, 6.45) is 5.51. The van der Waals surface area contributed by atoms with E-state index in [1.807, 2.05) is 35.7 Å². The molecule has 2 aromatic heterocycles. The molecule has 0 spiro atoms. The first-order chi connectivity index (χ1) is 8.30. The molecule has 0 saturated carbocycles. The van der Waals surface area contributed by atoms with Crippen LogP contribution in [0.5, 0.6) is 0 Å². The summed E-state index contributed by atoms with van der Waals surface area (Å²) in [7, 11) is 1.83. The molecule has 0 bridgehead atoms. The van der Waals surface area contributed by atoms with E-state index in [4.69, 9.17) is 5.11 Å². The molecule has 0 aliphatic rings. The number of hydrogen-bond acceptors (Lipinski definition) is 5. The molecule has 0 unspecified atom stereocenters. The van der Waals surface area contributed by atoms with Crippen molar-refractivity contribution < 1.29 is 5.11 Å². The van der Waals surface area contributed by atoms with Gasteiger partial charge < -0.3 is 19.7 Å². The largest absolute Gasteiger partial charge is 0.395 e. The minimum absolute atomic E-state index is 0.103. The van der Waals surface area contributed by atoms with E-state index in [1.165, 1.54) is 0 Å². The molecule has 2 heterocycles. The number of fused-ring (bicyclic) bond motifs is 1. The maximum Gasteiger partial charge on any atom is 0.180 e. The SMILES string of the molecule is CCN(CCO)c1nc(NC)cn2ccnc12. The summed E-state index contributed by atoms with van der Waals surface area (Å²) in [5, 5.41) is 12.1. The number of aliphatic hydroxyl groups is 1. The molecule has 0 saturated heterocycles. The molecule has 0 fully saturated rings. The van der Waals surface area contributed by atoms with Crippen molar-refractivity contribution in [1.29, 1.82) is 0 Å². The van der Waals surface area contributed by atoms with E-state index in [9.17, 15) is 0 Å². The van der Waals surface area contributed by atoms with Crippen molar-refractivity contribution in [3.05, 3.63) is 18.6 Å². The van der Waals surface area contributed by atoms with Crippen molar-refractivity contribution in [1.82, 2.24) is 14.4 Å². The lowest BCUT2D eigenvalue weighted by molar-refractivity contribution is 0.302. The summed E-state index contributed by atoms with van der Waals surface area (Å²) in [6.45, 7) is 3.47. The highest BCUT2D eigenvalue weighted by Crippen LogP contribution is 2.20. The summed E-state index contributed by atoms with van der Waals surface area (Å²) in [6, 6.07) is 0. The van der Waals surface area contributed by atoms with Crippen LogP contribution in [-0.2, 0) is 0 Å². The molecule has 6 nitrogen and oxygen atoms in total. The smallest absolute Gasteiger partial charge is 0.180 e. The van der Waals surface area contributed by atoms with E-state index < -0.39 is 0 Å². The molecule has 2 aromatic rings. The first kappa shape index (κ1) is 11.7. The van der Waals surface area contributed by atoms with Gasteiger partial charge in [-0.1, -0.05) is 0 Å². The highest BCUT2D eigenvalue weighted by atomic mass is 16.3. The van der Waals surface area contributed by atoms with Crippen LogP contribution in [0.3, 0.4) is 0 Å². The quantitative estimate of drug-likeness (QED) is 0.794. The molecule has 17 heavy (non-hydrogen) atoms. The van der Waals surface area contributed by atoms with Crippen LogP contribution < -0.4 is 10.2 Å². The lowest BCUT2D eigenvalue weighted by atomic mass is 10.4. The fourth-order valence-corrected chi connectivity index (χ4v) is 1.78. The van der Waals surface area contributed by atoms with Gasteiger partial charge in [0.1, 0.15) is 5.82 Å².